The predicted molar refractivity (Wildman–Crippen MR) is 91.0 cm³/mol. The lowest BCUT2D eigenvalue weighted by Crippen LogP contribution is -2.13. The number of hydrogen-bond acceptors (Lipinski definition) is 4. The SMILES string of the molecule is CCOC(=O)c1cccc(NC(=O)c2ccc(OC)c(Br)c2)c1. The van der Waals surface area contributed by atoms with Crippen LogP contribution in [-0.4, -0.2) is 25.6 Å². The molecule has 0 heterocycles. The first-order valence-electron chi connectivity index (χ1n) is 6.97. The van der Waals surface area contributed by atoms with Crippen LogP contribution in [0.2, 0.25) is 0 Å². The Balaban J connectivity index is 2.15. The Labute approximate surface area is 142 Å². The minimum atomic E-state index is -0.421. The molecule has 0 spiro atoms. The highest BCUT2D eigenvalue weighted by atomic mass is 79.9. The second-order valence-corrected chi connectivity index (χ2v) is 5.46. The molecule has 1 N–H and O–H groups in total. The molecule has 0 atom stereocenters. The van der Waals surface area contributed by atoms with Crippen molar-refractivity contribution >= 4 is 33.5 Å². The van der Waals surface area contributed by atoms with Crippen molar-refractivity contribution in [3.63, 3.8) is 0 Å². The van der Waals surface area contributed by atoms with Crippen LogP contribution in [-0.2, 0) is 4.74 Å². The average molecular weight is 378 g/mol. The van der Waals surface area contributed by atoms with E-state index in [0.29, 0.717) is 33.6 Å². The largest absolute Gasteiger partial charge is 0.496 e. The van der Waals surface area contributed by atoms with Gasteiger partial charge < -0.3 is 14.8 Å². The third kappa shape index (κ3) is 4.32. The third-order valence-electron chi connectivity index (χ3n) is 3.05. The fourth-order valence-corrected chi connectivity index (χ4v) is 2.49. The van der Waals surface area contributed by atoms with Crippen molar-refractivity contribution in [1.29, 1.82) is 0 Å². The molecule has 0 bridgehead atoms. The van der Waals surface area contributed by atoms with E-state index in [-0.39, 0.29) is 5.91 Å². The van der Waals surface area contributed by atoms with Gasteiger partial charge in [0.1, 0.15) is 5.75 Å². The summed E-state index contributed by atoms with van der Waals surface area (Å²) in [4.78, 5) is 24.0. The molecule has 5 nitrogen and oxygen atoms in total. The van der Waals surface area contributed by atoms with E-state index in [1.165, 1.54) is 0 Å². The van der Waals surface area contributed by atoms with E-state index in [1.807, 2.05) is 0 Å². The minimum Gasteiger partial charge on any atom is -0.496 e. The number of benzene rings is 2. The molecular formula is C17H16BrNO4. The lowest BCUT2D eigenvalue weighted by atomic mass is 10.1. The number of methoxy groups -OCH3 is 1. The molecule has 0 aliphatic heterocycles. The number of rotatable bonds is 5. The van der Waals surface area contributed by atoms with Crippen LogP contribution in [0, 0.1) is 0 Å². The third-order valence-corrected chi connectivity index (χ3v) is 3.67. The molecule has 6 heteroatoms. The zero-order chi connectivity index (χ0) is 16.8. The number of carbonyl (C=O) groups is 2. The number of hydrogen-bond donors (Lipinski definition) is 1. The van der Waals surface area contributed by atoms with Gasteiger partial charge in [-0.25, -0.2) is 4.79 Å². The number of nitrogens with one attached hydrogen (secondary N) is 1. The summed E-state index contributed by atoms with van der Waals surface area (Å²) >= 11 is 3.34. The number of halogens is 1. The normalized spacial score (nSPS) is 10.0. The summed E-state index contributed by atoms with van der Waals surface area (Å²) in [5.74, 6) is -0.0592. The summed E-state index contributed by atoms with van der Waals surface area (Å²) < 4.78 is 10.8. The number of amides is 1. The fourth-order valence-electron chi connectivity index (χ4n) is 1.95. The summed E-state index contributed by atoms with van der Waals surface area (Å²) in [5, 5.41) is 2.75. The Morgan fingerprint density at radius 1 is 1.13 bits per heavy atom. The summed E-state index contributed by atoms with van der Waals surface area (Å²) in [6.45, 7) is 2.04. The van der Waals surface area contributed by atoms with Gasteiger partial charge in [-0.1, -0.05) is 6.07 Å². The van der Waals surface area contributed by atoms with E-state index in [4.69, 9.17) is 9.47 Å². The Bertz CT molecular complexity index is 730. The van der Waals surface area contributed by atoms with Crippen molar-refractivity contribution in [3.05, 3.63) is 58.1 Å². The smallest absolute Gasteiger partial charge is 0.338 e. The van der Waals surface area contributed by atoms with Crippen LogP contribution in [0.15, 0.2) is 46.9 Å². The van der Waals surface area contributed by atoms with E-state index in [2.05, 4.69) is 21.2 Å². The molecule has 2 rings (SSSR count). The van der Waals surface area contributed by atoms with Crippen LogP contribution >= 0.6 is 15.9 Å². The predicted octanol–water partition coefficient (Wildman–Crippen LogP) is 3.89. The molecule has 0 aromatic heterocycles. The first-order valence-corrected chi connectivity index (χ1v) is 7.76. The van der Waals surface area contributed by atoms with Crippen molar-refractivity contribution in [3.8, 4) is 5.75 Å². The Hall–Kier alpha value is -2.34. The summed E-state index contributed by atoms with van der Waals surface area (Å²) in [6.07, 6.45) is 0. The van der Waals surface area contributed by atoms with Gasteiger partial charge in [0.25, 0.3) is 5.91 Å². The molecule has 2 aromatic carbocycles. The maximum Gasteiger partial charge on any atom is 0.338 e. The highest BCUT2D eigenvalue weighted by Gasteiger charge is 2.11. The standard InChI is InChI=1S/C17H16BrNO4/c1-3-23-17(21)12-5-4-6-13(9-12)19-16(20)11-7-8-15(22-2)14(18)10-11/h4-10H,3H2,1-2H3,(H,19,20). The molecule has 0 unspecified atom stereocenters. The molecule has 0 saturated heterocycles. The maximum absolute atomic E-state index is 12.3. The molecule has 0 aliphatic carbocycles. The van der Waals surface area contributed by atoms with Gasteiger partial charge >= 0.3 is 5.97 Å². The number of anilines is 1. The first-order chi connectivity index (χ1) is 11.0. The van der Waals surface area contributed by atoms with Crippen molar-refractivity contribution in [1.82, 2.24) is 0 Å². The van der Waals surface area contributed by atoms with E-state index in [1.54, 1.807) is 56.5 Å². The Kier molecular flexibility index (Phi) is 5.76. The lowest BCUT2D eigenvalue weighted by molar-refractivity contribution is 0.0526. The quantitative estimate of drug-likeness (QED) is 0.802. The molecule has 2 aromatic rings. The molecule has 23 heavy (non-hydrogen) atoms. The zero-order valence-electron chi connectivity index (χ0n) is 12.8. The monoisotopic (exact) mass is 377 g/mol. The van der Waals surface area contributed by atoms with Crippen LogP contribution in [0.25, 0.3) is 0 Å². The Morgan fingerprint density at radius 3 is 2.57 bits per heavy atom. The van der Waals surface area contributed by atoms with E-state index < -0.39 is 5.97 Å². The van der Waals surface area contributed by atoms with Crippen LogP contribution in [0.1, 0.15) is 27.6 Å². The van der Waals surface area contributed by atoms with E-state index in [9.17, 15) is 9.59 Å². The van der Waals surface area contributed by atoms with Gasteiger partial charge in [-0.2, -0.15) is 0 Å². The summed E-state index contributed by atoms with van der Waals surface area (Å²) in [7, 11) is 1.56. The van der Waals surface area contributed by atoms with E-state index in [0.717, 1.165) is 0 Å². The molecule has 0 fully saturated rings. The van der Waals surface area contributed by atoms with Gasteiger partial charge in [0.15, 0.2) is 0 Å². The molecule has 0 aliphatic rings. The maximum atomic E-state index is 12.3. The van der Waals surface area contributed by atoms with Crippen LogP contribution in [0.3, 0.4) is 0 Å². The number of carbonyl (C=O) groups excluding carboxylic acids is 2. The van der Waals surface area contributed by atoms with Crippen LogP contribution in [0.5, 0.6) is 5.75 Å². The minimum absolute atomic E-state index is 0.283. The number of esters is 1. The summed E-state index contributed by atoms with van der Waals surface area (Å²) in [5.41, 5.74) is 1.38. The van der Waals surface area contributed by atoms with Gasteiger partial charge in [-0.05, 0) is 59.3 Å². The van der Waals surface area contributed by atoms with Gasteiger partial charge in [-0.15, -0.1) is 0 Å². The van der Waals surface area contributed by atoms with Crippen molar-refractivity contribution in [2.24, 2.45) is 0 Å². The molecule has 1 amide bonds. The molecule has 120 valence electrons. The second kappa shape index (κ2) is 7.78. The first kappa shape index (κ1) is 17.0. The lowest BCUT2D eigenvalue weighted by Gasteiger charge is -2.09. The zero-order valence-corrected chi connectivity index (χ0v) is 14.3. The summed E-state index contributed by atoms with van der Waals surface area (Å²) in [6, 6.07) is 11.6. The molecular weight excluding hydrogens is 362 g/mol. The highest BCUT2D eigenvalue weighted by molar-refractivity contribution is 9.10. The highest BCUT2D eigenvalue weighted by Crippen LogP contribution is 2.26. The van der Waals surface area contributed by atoms with Crippen molar-refractivity contribution in [2.75, 3.05) is 19.0 Å². The van der Waals surface area contributed by atoms with E-state index >= 15 is 0 Å². The molecule has 0 radical (unpaired) electrons. The average Bonchev–Trinajstić information content (AvgIpc) is 2.55. The fraction of sp³-hybridized carbons (Fsp3) is 0.176. The Morgan fingerprint density at radius 2 is 1.91 bits per heavy atom. The topological polar surface area (TPSA) is 64.6 Å². The van der Waals surface area contributed by atoms with Crippen molar-refractivity contribution in [2.45, 2.75) is 6.92 Å². The second-order valence-electron chi connectivity index (χ2n) is 4.60. The number of ether oxygens (including phenoxy) is 2. The molecule has 0 saturated carbocycles. The van der Waals surface area contributed by atoms with Gasteiger partial charge in [0.05, 0.1) is 23.8 Å². The van der Waals surface area contributed by atoms with Gasteiger partial charge in [0.2, 0.25) is 0 Å². The van der Waals surface area contributed by atoms with Crippen LogP contribution < -0.4 is 10.1 Å². The van der Waals surface area contributed by atoms with Crippen molar-refractivity contribution < 1.29 is 19.1 Å². The van der Waals surface area contributed by atoms with Gasteiger partial charge in [-0.3, -0.25) is 4.79 Å². The van der Waals surface area contributed by atoms with Crippen LogP contribution in [0.4, 0.5) is 5.69 Å². The van der Waals surface area contributed by atoms with Gasteiger partial charge in [0, 0.05) is 11.3 Å².